The molecule has 0 radical (unpaired) electrons. The summed E-state index contributed by atoms with van der Waals surface area (Å²) in [5, 5.41) is 20.4. The Balaban J connectivity index is 1.11. The van der Waals surface area contributed by atoms with Gasteiger partial charge in [-0.15, -0.1) is 0 Å². The minimum Gasteiger partial charge on any atom is -0.390 e. The topological polar surface area (TPSA) is 264 Å². The van der Waals surface area contributed by atoms with Crippen molar-refractivity contribution >= 4 is 50.9 Å². The highest BCUT2D eigenvalue weighted by molar-refractivity contribution is 8.00. The van der Waals surface area contributed by atoms with Crippen LogP contribution in [0, 0.1) is 0 Å². The summed E-state index contributed by atoms with van der Waals surface area (Å²) < 4.78 is 36.3. The van der Waals surface area contributed by atoms with Gasteiger partial charge in [0.2, 0.25) is 5.91 Å². The van der Waals surface area contributed by atoms with Crippen molar-refractivity contribution in [3.8, 4) is 0 Å². The maximum atomic E-state index is 12.5. The van der Waals surface area contributed by atoms with Crippen LogP contribution in [0.4, 0.5) is 10.6 Å². The zero-order chi connectivity index (χ0) is 28.4. The van der Waals surface area contributed by atoms with Crippen LogP contribution in [-0.4, -0.2) is 92.9 Å². The van der Waals surface area contributed by atoms with Crippen molar-refractivity contribution in [2.24, 2.45) is 5.11 Å². The van der Waals surface area contributed by atoms with Gasteiger partial charge in [-0.05, 0) is 18.4 Å². The number of anilines is 1. The Kier molecular flexibility index (Phi) is 8.15. The normalized spacial score (nSPS) is 29.5. The maximum Gasteiger partial charge on any atom is 0.315 e. The average molecular weight is 597 g/mol. The zero-order valence-electron chi connectivity index (χ0n) is 21.0. The number of rotatable bonds is 11. The minimum atomic E-state index is -4.26. The first-order valence-corrected chi connectivity index (χ1v) is 15.0. The fourth-order valence-electron chi connectivity index (χ4n) is 5.07. The van der Waals surface area contributed by atoms with Crippen molar-refractivity contribution in [3.05, 3.63) is 23.1 Å². The number of unbranched alkanes of at least 4 members (excludes halogenated alkanes) is 1. The number of hydrogen-bond acceptors (Lipinski definition) is 12. The molecule has 7 N–H and O–H groups in total. The molecule has 216 valence electrons. The molecule has 3 aliphatic heterocycles. The lowest BCUT2D eigenvalue weighted by atomic mass is 10.0. The number of aliphatic hydroxyl groups is 1. The van der Waals surface area contributed by atoms with Gasteiger partial charge in [0.05, 0.1) is 24.5 Å². The third kappa shape index (κ3) is 5.86. The standard InChI is InChI=1S/C20H28N12O6S2/c21-17-15-18(24-7-23-17)32(8-25-15)19-14(29-31-22)16(34)10(38-19)5-26-40(36,37)30-12(33)4-2-1-3-11-13-9(6-39-11)27-20(35)28-13/h7-11,13-14,16,19,26,34H,1-6H2,(H,30,33)(H2,21,23,24)(H2,27,28,35)/t9?,10-,11-,13?,14-,16-,19-/m1/s1. The number of nitrogens with two attached hydrogens (primary N) is 1. The minimum absolute atomic E-state index is 0.000716. The largest absolute Gasteiger partial charge is 0.390 e. The van der Waals surface area contributed by atoms with Gasteiger partial charge < -0.3 is 26.2 Å². The molecule has 18 nitrogen and oxygen atoms in total. The number of nitrogens with zero attached hydrogens (tertiary/aromatic N) is 7. The molecule has 2 unspecified atom stereocenters. The number of hydrogen-bond donors (Lipinski definition) is 6. The third-order valence-electron chi connectivity index (χ3n) is 6.99. The Bertz CT molecular complexity index is 1430. The molecule has 2 aromatic rings. The number of azide groups is 1. The van der Waals surface area contributed by atoms with Gasteiger partial charge in [0.1, 0.15) is 30.2 Å². The van der Waals surface area contributed by atoms with E-state index in [0.29, 0.717) is 12.8 Å². The Morgan fingerprint density at radius 1 is 1.35 bits per heavy atom. The van der Waals surface area contributed by atoms with Crippen molar-refractivity contribution in [1.82, 2.24) is 39.6 Å². The van der Waals surface area contributed by atoms with E-state index in [-0.39, 0.29) is 46.8 Å². The number of aromatic nitrogens is 4. The summed E-state index contributed by atoms with van der Waals surface area (Å²) in [7, 11) is -4.26. The van der Waals surface area contributed by atoms with Gasteiger partial charge in [-0.25, -0.2) is 24.5 Å². The molecule has 5 rings (SSSR count). The lowest BCUT2D eigenvalue weighted by Crippen LogP contribution is -2.45. The molecule has 7 atom stereocenters. The second-order valence-corrected chi connectivity index (χ2v) is 12.4. The van der Waals surface area contributed by atoms with Crippen LogP contribution in [-0.2, 0) is 19.7 Å². The third-order valence-corrected chi connectivity index (χ3v) is 9.54. The van der Waals surface area contributed by atoms with Crippen LogP contribution < -0.4 is 25.8 Å². The molecule has 0 bridgehead atoms. The molecule has 0 aliphatic carbocycles. The van der Waals surface area contributed by atoms with Crippen molar-refractivity contribution < 1.29 is 27.9 Å². The molecule has 3 saturated heterocycles. The van der Waals surface area contributed by atoms with Crippen LogP contribution in [0.5, 0.6) is 0 Å². The summed E-state index contributed by atoms with van der Waals surface area (Å²) in [4.78, 5) is 38.6. The monoisotopic (exact) mass is 596 g/mol. The van der Waals surface area contributed by atoms with E-state index < -0.39 is 47.1 Å². The quantitative estimate of drug-likeness (QED) is 0.0603. The lowest BCUT2D eigenvalue weighted by molar-refractivity contribution is -0.119. The zero-order valence-corrected chi connectivity index (χ0v) is 22.6. The SMILES string of the molecule is [N-]=[N+]=N[C@@H]1[C@H](O)[C@@H](CNS(=O)(=O)NC(=O)CCCC[C@H]2SCC3NC(=O)NC32)O[C@H]1n1cnc2c(N)ncnc21. The molecule has 5 heterocycles. The Morgan fingerprint density at radius 2 is 2.17 bits per heavy atom. The van der Waals surface area contributed by atoms with Crippen LogP contribution in [0.1, 0.15) is 31.9 Å². The molecular formula is C20H28N12O6S2. The van der Waals surface area contributed by atoms with Gasteiger partial charge in [-0.3, -0.25) is 9.36 Å². The molecule has 3 aliphatic rings. The molecule has 3 fully saturated rings. The van der Waals surface area contributed by atoms with Gasteiger partial charge in [-0.2, -0.15) is 24.9 Å². The number of thioether (sulfide) groups is 1. The van der Waals surface area contributed by atoms with Crippen LogP contribution in [0.2, 0.25) is 0 Å². The number of fused-ring (bicyclic) bond motifs is 2. The number of urea groups is 1. The van der Waals surface area contributed by atoms with E-state index >= 15 is 0 Å². The summed E-state index contributed by atoms with van der Waals surface area (Å²) in [5.41, 5.74) is 15.4. The van der Waals surface area contributed by atoms with Crippen molar-refractivity contribution in [2.75, 3.05) is 18.0 Å². The van der Waals surface area contributed by atoms with E-state index in [1.807, 2.05) is 4.72 Å². The van der Waals surface area contributed by atoms with E-state index in [1.165, 1.54) is 17.2 Å². The first-order valence-electron chi connectivity index (χ1n) is 12.5. The summed E-state index contributed by atoms with van der Waals surface area (Å²) in [5.74, 6) is 0.276. The van der Waals surface area contributed by atoms with Crippen molar-refractivity contribution in [1.29, 1.82) is 0 Å². The van der Waals surface area contributed by atoms with Gasteiger partial charge in [-0.1, -0.05) is 11.5 Å². The highest BCUT2D eigenvalue weighted by atomic mass is 32.2. The number of carbonyl (C=O) groups is 2. The number of aliphatic hydroxyl groups excluding tert-OH is 1. The van der Waals surface area contributed by atoms with E-state index in [9.17, 15) is 23.1 Å². The average Bonchev–Trinajstić information content (AvgIpc) is 3.65. The van der Waals surface area contributed by atoms with Gasteiger partial charge in [0.15, 0.2) is 11.5 Å². The number of nitrogen functional groups attached to an aromatic ring is 1. The van der Waals surface area contributed by atoms with E-state index in [0.717, 1.165) is 12.2 Å². The predicted octanol–water partition coefficient (Wildman–Crippen LogP) is -0.978. The number of imidazole rings is 1. The second kappa shape index (κ2) is 11.6. The highest BCUT2D eigenvalue weighted by Crippen LogP contribution is 2.35. The number of ether oxygens (including phenoxy) is 1. The van der Waals surface area contributed by atoms with E-state index in [4.69, 9.17) is 16.0 Å². The summed E-state index contributed by atoms with van der Waals surface area (Å²) in [6, 6.07) is -1.11. The van der Waals surface area contributed by atoms with Gasteiger partial charge >= 0.3 is 16.2 Å². The highest BCUT2D eigenvalue weighted by Gasteiger charge is 2.45. The molecule has 2 aromatic heterocycles. The molecule has 0 saturated carbocycles. The predicted molar refractivity (Wildman–Crippen MR) is 142 cm³/mol. The first-order chi connectivity index (χ1) is 19.2. The number of carbonyl (C=O) groups excluding carboxylic acids is 2. The van der Waals surface area contributed by atoms with Crippen LogP contribution in [0.15, 0.2) is 17.8 Å². The Labute approximate surface area is 232 Å². The van der Waals surface area contributed by atoms with Crippen LogP contribution in [0.25, 0.3) is 21.6 Å². The van der Waals surface area contributed by atoms with Crippen LogP contribution >= 0.6 is 11.8 Å². The molecule has 40 heavy (non-hydrogen) atoms. The molecule has 0 spiro atoms. The second-order valence-electron chi connectivity index (χ2n) is 9.58. The van der Waals surface area contributed by atoms with Crippen molar-refractivity contribution in [3.63, 3.8) is 0 Å². The fraction of sp³-hybridized carbons (Fsp3) is 0.650. The summed E-state index contributed by atoms with van der Waals surface area (Å²) >= 11 is 1.77. The molecule has 20 heteroatoms. The van der Waals surface area contributed by atoms with Crippen molar-refractivity contribution in [2.45, 2.75) is 67.5 Å². The van der Waals surface area contributed by atoms with Crippen LogP contribution in [0.3, 0.4) is 0 Å². The van der Waals surface area contributed by atoms with Gasteiger partial charge in [0, 0.05) is 28.9 Å². The molecule has 3 amide bonds. The maximum absolute atomic E-state index is 12.5. The lowest BCUT2D eigenvalue weighted by Gasteiger charge is -2.17. The smallest absolute Gasteiger partial charge is 0.315 e. The first kappa shape index (κ1) is 28.1. The Hall–Kier alpha value is -3.42. The molecular weight excluding hydrogens is 568 g/mol. The fourth-order valence-corrected chi connectivity index (χ4v) is 7.47. The summed E-state index contributed by atoms with van der Waals surface area (Å²) in [6.45, 7) is -0.414. The molecule has 0 aromatic carbocycles. The Morgan fingerprint density at radius 3 is 2.98 bits per heavy atom. The number of nitrogens with one attached hydrogen (secondary N) is 4. The van der Waals surface area contributed by atoms with Gasteiger partial charge in [0.25, 0.3) is 0 Å². The van der Waals surface area contributed by atoms with E-state index in [1.54, 1.807) is 11.8 Å². The summed E-state index contributed by atoms with van der Waals surface area (Å²) in [6.07, 6.45) is 0.950. The number of amides is 3. The van der Waals surface area contributed by atoms with E-state index in [2.05, 4.69) is 40.3 Å².